The largest absolute Gasteiger partial charge is 0.361 e. The molecule has 2 amide bonds. The fraction of sp³-hybridized carbons (Fsp3) is 0.375. The van der Waals surface area contributed by atoms with Crippen LogP contribution in [0.2, 0.25) is 0 Å². The Kier molecular flexibility index (Phi) is 4.39. The molecule has 1 aromatic heterocycles. The number of benzene rings is 1. The van der Waals surface area contributed by atoms with E-state index < -0.39 is 0 Å². The number of carbonyl (C=O) groups excluding carboxylic acids is 1. The summed E-state index contributed by atoms with van der Waals surface area (Å²) in [7, 11) is 0. The first-order chi connectivity index (χ1) is 10.7. The third kappa shape index (κ3) is 3.65. The maximum absolute atomic E-state index is 12.2. The fourth-order valence-corrected chi connectivity index (χ4v) is 2.55. The van der Waals surface area contributed by atoms with E-state index in [0.717, 1.165) is 49.9 Å². The molecule has 0 unspecified atom stereocenters. The Balaban J connectivity index is 1.48. The normalized spacial score (nSPS) is 15.8. The summed E-state index contributed by atoms with van der Waals surface area (Å²) < 4.78 is 5.08. The molecule has 1 fully saturated rings. The molecule has 1 saturated heterocycles. The van der Waals surface area contributed by atoms with Gasteiger partial charge in [0.15, 0.2) is 0 Å². The summed E-state index contributed by atoms with van der Waals surface area (Å²) in [5, 5.41) is 6.93. The second kappa shape index (κ2) is 6.62. The Hall–Kier alpha value is -2.34. The minimum Gasteiger partial charge on any atom is -0.361 e. The Bertz CT molecular complexity index is 618. The summed E-state index contributed by atoms with van der Waals surface area (Å²) >= 11 is 0. The van der Waals surface area contributed by atoms with Crippen LogP contribution in [-0.4, -0.2) is 47.2 Å². The van der Waals surface area contributed by atoms with E-state index in [4.69, 9.17) is 4.52 Å². The average Bonchev–Trinajstić information content (AvgIpc) is 2.94. The highest BCUT2D eigenvalue weighted by atomic mass is 16.5. The number of amides is 2. The van der Waals surface area contributed by atoms with Crippen LogP contribution in [-0.2, 0) is 6.54 Å². The van der Waals surface area contributed by atoms with Gasteiger partial charge in [-0.3, -0.25) is 4.90 Å². The first-order valence-corrected chi connectivity index (χ1v) is 7.46. The molecule has 0 atom stereocenters. The summed E-state index contributed by atoms with van der Waals surface area (Å²) in [5.74, 6) is 0.830. The highest BCUT2D eigenvalue weighted by Crippen LogP contribution is 2.11. The van der Waals surface area contributed by atoms with Crippen molar-refractivity contribution in [2.24, 2.45) is 0 Å². The number of nitrogens with zero attached hydrogens (tertiary/aromatic N) is 3. The smallest absolute Gasteiger partial charge is 0.321 e. The van der Waals surface area contributed by atoms with Crippen molar-refractivity contribution in [2.45, 2.75) is 13.5 Å². The lowest BCUT2D eigenvalue weighted by Crippen LogP contribution is -2.49. The molecule has 22 heavy (non-hydrogen) atoms. The van der Waals surface area contributed by atoms with Crippen molar-refractivity contribution in [3.8, 4) is 0 Å². The second-order valence-corrected chi connectivity index (χ2v) is 5.49. The molecule has 6 heteroatoms. The van der Waals surface area contributed by atoms with E-state index in [2.05, 4.69) is 15.4 Å². The number of nitrogens with one attached hydrogen (secondary N) is 1. The topological polar surface area (TPSA) is 61.6 Å². The van der Waals surface area contributed by atoms with E-state index in [1.54, 1.807) is 0 Å². The van der Waals surface area contributed by atoms with Crippen LogP contribution >= 0.6 is 0 Å². The van der Waals surface area contributed by atoms with Gasteiger partial charge in [-0.05, 0) is 19.1 Å². The molecule has 1 aliphatic rings. The molecule has 0 saturated carbocycles. The Labute approximate surface area is 129 Å². The average molecular weight is 300 g/mol. The zero-order valence-electron chi connectivity index (χ0n) is 12.7. The lowest BCUT2D eigenvalue weighted by Gasteiger charge is -2.34. The van der Waals surface area contributed by atoms with Gasteiger partial charge < -0.3 is 14.7 Å². The molecular weight excluding hydrogens is 280 g/mol. The van der Waals surface area contributed by atoms with Crippen molar-refractivity contribution in [1.82, 2.24) is 15.0 Å². The van der Waals surface area contributed by atoms with Gasteiger partial charge in [-0.15, -0.1) is 0 Å². The molecule has 6 nitrogen and oxygen atoms in total. The number of urea groups is 1. The van der Waals surface area contributed by atoms with Gasteiger partial charge >= 0.3 is 6.03 Å². The van der Waals surface area contributed by atoms with E-state index >= 15 is 0 Å². The van der Waals surface area contributed by atoms with Gasteiger partial charge in [0.05, 0.1) is 5.69 Å². The molecule has 1 aliphatic heterocycles. The summed E-state index contributed by atoms with van der Waals surface area (Å²) in [5.41, 5.74) is 1.77. The fourth-order valence-electron chi connectivity index (χ4n) is 2.55. The summed E-state index contributed by atoms with van der Waals surface area (Å²) in [6.45, 7) is 5.78. The van der Waals surface area contributed by atoms with Crippen molar-refractivity contribution < 1.29 is 9.32 Å². The standard InChI is InChI=1S/C16H20N4O2/c1-13-11-15(18-22-13)12-19-7-9-20(10-8-19)16(21)17-14-5-3-2-4-6-14/h2-6,11H,7-10,12H2,1H3,(H,17,21). The maximum atomic E-state index is 12.2. The van der Waals surface area contributed by atoms with Crippen LogP contribution in [0.1, 0.15) is 11.5 Å². The van der Waals surface area contributed by atoms with Gasteiger partial charge in [0.1, 0.15) is 5.76 Å². The van der Waals surface area contributed by atoms with Gasteiger partial charge in [0.25, 0.3) is 0 Å². The first-order valence-electron chi connectivity index (χ1n) is 7.46. The van der Waals surface area contributed by atoms with Crippen LogP contribution in [0.5, 0.6) is 0 Å². The van der Waals surface area contributed by atoms with Gasteiger partial charge in [-0.25, -0.2) is 4.79 Å². The molecule has 1 N–H and O–H groups in total. The summed E-state index contributed by atoms with van der Waals surface area (Å²) in [6.07, 6.45) is 0. The summed E-state index contributed by atoms with van der Waals surface area (Å²) in [4.78, 5) is 16.3. The second-order valence-electron chi connectivity index (χ2n) is 5.49. The summed E-state index contributed by atoms with van der Waals surface area (Å²) in [6, 6.07) is 11.4. The number of aromatic nitrogens is 1. The van der Waals surface area contributed by atoms with Crippen LogP contribution in [0.4, 0.5) is 10.5 Å². The van der Waals surface area contributed by atoms with Crippen LogP contribution in [0.15, 0.2) is 40.9 Å². The maximum Gasteiger partial charge on any atom is 0.321 e. The predicted octanol–water partition coefficient (Wildman–Crippen LogP) is 2.33. The minimum atomic E-state index is -0.0388. The molecule has 2 aromatic rings. The van der Waals surface area contributed by atoms with E-state index in [-0.39, 0.29) is 6.03 Å². The third-order valence-corrected chi connectivity index (χ3v) is 3.75. The first kappa shape index (κ1) is 14.6. The number of piperazine rings is 1. The van der Waals surface area contributed by atoms with Gasteiger partial charge in [-0.1, -0.05) is 23.4 Å². The van der Waals surface area contributed by atoms with E-state index in [0.29, 0.717) is 0 Å². The Morgan fingerprint density at radius 3 is 2.59 bits per heavy atom. The van der Waals surface area contributed by atoms with Gasteiger partial charge in [0, 0.05) is 44.5 Å². The molecule has 3 rings (SSSR count). The molecule has 0 aliphatic carbocycles. The number of carbonyl (C=O) groups is 1. The molecular formula is C16H20N4O2. The zero-order valence-corrected chi connectivity index (χ0v) is 12.7. The van der Waals surface area contributed by atoms with Crippen LogP contribution < -0.4 is 5.32 Å². The van der Waals surface area contributed by atoms with E-state index in [1.165, 1.54) is 0 Å². The number of aryl methyl sites for hydroxylation is 1. The third-order valence-electron chi connectivity index (χ3n) is 3.75. The molecule has 1 aromatic carbocycles. The van der Waals surface area contributed by atoms with Gasteiger partial charge in [0.2, 0.25) is 0 Å². The predicted molar refractivity (Wildman–Crippen MR) is 83.6 cm³/mol. The van der Waals surface area contributed by atoms with Crippen molar-refractivity contribution in [3.05, 3.63) is 47.9 Å². The highest BCUT2D eigenvalue weighted by Gasteiger charge is 2.21. The lowest BCUT2D eigenvalue weighted by molar-refractivity contribution is 0.141. The van der Waals surface area contributed by atoms with Crippen molar-refractivity contribution in [1.29, 1.82) is 0 Å². The molecule has 2 heterocycles. The van der Waals surface area contributed by atoms with Crippen molar-refractivity contribution in [3.63, 3.8) is 0 Å². The SMILES string of the molecule is Cc1cc(CN2CCN(C(=O)Nc3ccccc3)CC2)no1. The van der Waals surface area contributed by atoms with Gasteiger partial charge in [-0.2, -0.15) is 0 Å². The Morgan fingerprint density at radius 2 is 1.95 bits per heavy atom. The van der Waals surface area contributed by atoms with E-state index in [9.17, 15) is 4.79 Å². The van der Waals surface area contributed by atoms with E-state index in [1.807, 2.05) is 48.2 Å². The number of anilines is 1. The van der Waals surface area contributed by atoms with Crippen molar-refractivity contribution in [2.75, 3.05) is 31.5 Å². The number of hydrogen-bond acceptors (Lipinski definition) is 4. The molecule has 0 radical (unpaired) electrons. The monoisotopic (exact) mass is 300 g/mol. The lowest BCUT2D eigenvalue weighted by atomic mass is 10.3. The van der Waals surface area contributed by atoms with Crippen LogP contribution in [0, 0.1) is 6.92 Å². The number of para-hydroxylation sites is 1. The Morgan fingerprint density at radius 1 is 1.23 bits per heavy atom. The van der Waals surface area contributed by atoms with Crippen LogP contribution in [0.3, 0.4) is 0 Å². The number of hydrogen-bond donors (Lipinski definition) is 1. The quantitative estimate of drug-likeness (QED) is 0.945. The van der Waals surface area contributed by atoms with Crippen molar-refractivity contribution >= 4 is 11.7 Å². The minimum absolute atomic E-state index is 0.0388. The molecule has 0 spiro atoms. The highest BCUT2D eigenvalue weighted by molar-refractivity contribution is 5.89. The molecule has 116 valence electrons. The number of rotatable bonds is 3. The van der Waals surface area contributed by atoms with Crippen LogP contribution in [0.25, 0.3) is 0 Å². The molecule has 0 bridgehead atoms. The zero-order chi connectivity index (χ0) is 15.4.